The van der Waals surface area contributed by atoms with E-state index in [1.165, 1.54) is 25.7 Å². The molecule has 84 valence electrons. The molecule has 0 N–H and O–H groups in total. The average molecular weight is 277 g/mol. The maximum atomic E-state index is 3.43. The minimum Gasteiger partial charge on any atom is -0.0945 e. The van der Waals surface area contributed by atoms with E-state index in [-0.39, 0.29) is 0 Å². The Labute approximate surface area is 107 Å². The molecule has 0 aromatic heterocycles. The zero-order valence-corrected chi connectivity index (χ0v) is 11.3. The molecular formula is C15H17Br. The molecule has 1 fully saturated rings. The zero-order chi connectivity index (χ0) is 11.4. The van der Waals surface area contributed by atoms with Gasteiger partial charge in [-0.2, -0.15) is 0 Å². The monoisotopic (exact) mass is 276 g/mol. The Morgan fingerprint density at radius 3 is 2.31 bits per heavy atom. The normalized spacial score (nSPS) is 24.6. The third-order valence-corrected chi connectivity index (χ3v) is 3.81. The summed E-state index contributed by atoms with van der Waals surface area (Å²) in [7, 11) is 0. The van der Waals surface area contributed by atoms with E-state index < -0.39 is 0 Å². The van der Waals surface area contributed by atoms with Gasteiger partial charge in [-0.05, 0) is 55.9 Å². The first-order valence-electron chi connectivity index (χ1n) is 6.01. The van der Waals surface area contributed by atoms with Gasteiger partial charge in [-0.25, -0.2) is 0 Å². The summed E-state index contributed by atoms with van der Waals surface area (Å²) in [6.07, 6.45) is 5.26. The van der Waals surface area contributed by atoms with Crippen molar-refractivity contribution >= 4 is 15.9 Å². The molecule has 0 spiro atoms. The Bertz CT molecular complexity index is 386. The van der Waals surface area contributed by atoms with Crippen LogP contribution in [0.1, 0.15) is 38.2 Å². The van der Waals surface area contributed by atoms with Crippen molar-refractivity contribution in [2.45, 2.75) is 32.6 Å². The van der Waals surface area contributed by atoms with Crippen molar-refractivity contribution in [1.29, 1.82) is 0 Å². The summed E-state index contributed by atoms with van der Waals surface area (Å²) in [6.45, 7) is 2.35. The molecule has 1 aliphatic rings. The van der Waals surface area contributed by atoms with E-state index in [1.807, 2.05) is 12.1 Å². The summed E-state index contributed by atoms with van der Waals surface area (Å²) in [5, 5.41) is 0. The maximum absolute atomic E-state index is 3.43. The van der Waals surface area contributed by atoms with E-state index in [2.05, 4.69) is 46.8 Å². The molecule has 0 saturated heterocycles. The molecular weight excluding hydrogens is 260 g/mol. The van der Waals surface area contributed by atoms with Crippen molar-refractivity contribution in [1.82, 2.24) is 0 Å². The summed E-state index contributed by atoms with van der Waals surface area (Å²) in [5.41, 5.74) is 1.13. The first-order chi connectivity index (χ1) is 7.74. The molecule has 1 aromatic carbocycles. The second-order valence-corrected chi connectivity index (χ2v) is 5.65. The quantitative estimate of drug-likeness (QED) is 0.607. The third kappa shape index (κ3) is 3.39. The molecule has 0 aliphatic heterocycles. The van der Waals surface area contributed by atoms with Gasteiger partial charge in [0.2, 0.25) is 0 Å². The van der Waals surface area contributed by atoms with E-state index in [1.54, 1.807) is 0 Å². The summed E-state index contributed by atoms with van der Waals surface area (Å²) < 4.78 is 1.12. The second-order valence-electron chi connectivity index (χ2n) is 4.73. The summed E-state index contributed by atoms with van der Waals surface area (Å²) in [4.78, 5) is 0. The number of halogens is 1. The van der Waals surface area contributed by atoms with Crippen LogP contribution in [0.5, 0.6) is 0 Å². The Kier molecular flexibility index (Phi) is 4.07. The van der Waals surface area contributed by atoms with Gasteiger partial charge in [-0.3, -0.25) is 0 Å². The SMILES string of the molecule is CC1CCC(C#Cc2ccc(Br)cc2)CC1. The van der Waals surface area contributed by atoms with Gasteiger partial charge in [0.1, 0.15) is 0 Å². The minimum atomic E-state index is 0.625. The van der Waals surface area contributed by atoms with Gasteiger partial charge in [-0.15, -0.1) is 0 Å². The van der Waals surface area contributed by atoms with Gasteiger partial charge < -0.3 is 0 Å². The van der Waals surface area contributed by atoms with Crippen molar-refractivity contribution in [3.05, 3.63) is 34.3 Å². The molecule has 0 atom stereocenters. The van der Waals surface area contributed by atoms with Gasteiger partial charge >= 0.3 is 0 Å². The molecule has 0 amide bonds. The van der Waals surface area contributed by atoms with Crippen LogP contribution in [-0.4, -0.2) is 0 Å². The summed E-state index contributed by atoms with van der Waals surface area (Å²) in [6, 6.07) is 8.24. The van der Waals surface area contributed by atoms with Crippen LogP contribution in [0.3, 0.4) is 0 Å². The smallest absolute Gasteiger partial charge is 0.0246 e. The van der Waals surface area contributed by atoms with Crippen molar-refractivity contribution in [3.63, 3.8) is 0 Å². The van der Waals surface area contributed by atoms with Crippen molar-refractivity contribution in [3.8, 4) is 11.8 Å². The van der Waals surface area contributed by atoms with Crippen LogP contribution in [0.4, 0.5) is 0 Å². The Morgan fingerprint density at radius 1 is 1.06 bits per heavy atom. The molecule has 1 aromatic rings. The molecule has 0 heterocycles. The van der Waals surface area contributed by atoms with E-state index in [0.29, 0.717) is 5.92 Å². The van der Waals surface area contributed by atoms with Crippen LogP contribution in [0.15, 0.2) is 28.7 Å². The number of hydrogen-bond acceptors (Lipinski definition) is 0. The lowest BCUT2D eigenvalue weighted by Crippen LogP contribution is -2.10. The van der Waals surface area contributed by atoms with Crippen LogP contribution in [0.25, 0.3) is 0 Å². The topological polar surface area (TPSA) is 0 Å². The Balaban J connectivity index is 1.96. The number of benzene rings is 1. The van der Waals surface area contributed by atoms with E-state index >= 15 is 0 Å². The first kappa shape index (κ1) is 11.7. The zero-order valence-electron chi connectivity index (χ0n) is 9.67. The molecule has 1 saturated carbocycles. The lowest BCUT2D eigenvalue weighted by atomic mass is 9.83. The average Bonchev–Trinajstić information content (AvgIpc) is 2.30. The number of hydrogen-bond donors (Lipinski definition) is 0. The van der Waals surface area contributed by atoms with E-state index in [9.17, 15) is 0 Å². The van der Waals surface area contributed by atoms with E-state index in [4.69, 9.17) is 0 Å². The van der Waals surface area contributed by atoms with Crippen molar-refractivity contribution in [2.75, 3.05) is 0 Å². The standard InChI is InChI=1S/C15H17Br/c1-12-2-4-13(5-3-12)6-7-14-8-10-15(16)11-9-14/h8-13H,2-5H2,1H3. The van der Waals surface area contributed by atoms with Crippen LogP contribution in [0, 0.1) is 23.7 Å². The fourth-order valence-electron chi connectivity index (χ4n) is 2.12. The Hall–Kier alpha value is -0.740. The number of rotatable bonds is 0. The molecule has 0 bridgehead atoms. The predicted molar refractivity (Wildman–Crippen MR) is 72.1 cm³/mol. The molecule has 0 nitrogen and oxygen atoms in total. The van der Waals surface area contributed by atoms with Crippen LogP contribution in [-0.2, 0) is 0 Å². The Morgan fingerprint density at radius 2 is 1.69 bits per heavy atom. The van der Waals surface area contributed by atoms with Crippen LogP contribution in [0.2, 0.25) is 0 Å². The van der Waals surface area contributed by atoms with Crippen LogP contribution >= 0.6 is 15.9 Å². The molecule has 16 heavy (non-hydrogen) atoms. The largest absolute Gasteiger partial charge is 0.0945 e. The highest BCUT2D eigenvalue weighted by molar-refractivity contribution is 9.10. The lowest BCUT2D eigenvalue weighted by molar-refractivity contribution is 0.337. The summed E-state index contributed by atoms with van der Waals surface area (Å²) in [5.74, 6) is 8.23. The molecule has 0 radical (unpaired) electrons. The fraction of sp³-hybridized carbons (Fsp3) is 0.467. The highest BCUT2D eigenvalue weighted by Gasteiger charge is 2.15. The molecule has 2 rings (SSSR count). The predicted octanol–water partition coefficient (Wildman–Crippen LogP) is 4.63. The van der Waals surface area contributed by atoms with Gasteiger partial charge in [0, 0.05) is 16.0 Å². The molecule has 1 heteroatoms. The van der Waals surface area contributed by atoms with Crippen molar-refractivity contribution < 1.29 is 0 Å². The third-order valence-electron chi connectivity index (χ3n) is 3.28. The van der Waals surface area contributed by atoms with E-state index in [0.717, 1.165) is 16.0 Å². The van der Waals surface area contributed by atoms with Gasteiger partial charge in [0.05, 0.1) is 0 Å². The molecule has 1 aliphatic carbocycles. The fourth-order valence-corrected chi connectivity index (χ4v) is 2.39. The van der Waals surface area contributed by atoms with Gasteiger partial charge in [0.15, 0.2) is 0 Å². The summed E-state index contributed by atoms with van der Waals surface area (Å²) >= 11 is 3.43. The lowest BCUT2D eigenvalue weighted by Gasteiger charge is -2.21. The maximum Gasteiger partial charge on any atom is 0.0246 e. The minimum absolute atomic E-state index is 0.625. The van der Waals surface area contributed by atoms with Gasteiger partial charge in [0.25, 0.3) is 0 Å². The van der Waals surface area contributed by atoms with Crippen LogP contribution < -0.4 is 0 Å². The molecule has 0 unspecified atom stereocenters. The van der Waals surface area contributed by atoms with Crippen molar-refractivity contribution in [2.24, 2.45) is 11.8 Å². The second kappa shape index (κ2) is 5.55. The first-order valence-corrected chi connectivity index (χ1v) is 6.80. The van der Waals surface area contributed by atoms with Gasteiger partial charge in [-0.1, -0.05) is 34.7 Å². The highest BCUT2D eigenvalue weighted by atomic mass is 79.9. The highest BCUT2D eigenvalue weighted by Crippen LogP contribution is 2.27.